The Hall–Kier alpha value is -0.830. The molecule has 0 fully saturated rings. The van der Waals surface area contributed by atoms with Gasteiger partial charge in [0.15, 0.2) is 0 Å². The number of aromatic nitrogens is 2. The van der Waals surface area contributed by atoms with E-state index < -0.39 is 0 Å². The Labute approximate surface area is 86.1 Å². The average molecular weight is 196 g/mol. The molecule has 0 radical (unpaired) electrons. The molecule has 0 saturated heterocycles. The van der Waals surface area contributed by atoms with Gasteiger partial charge in [-0.2, -0.15) is 0 Å². The minimum atomic E-state index is 0.738. The Morgan fingerprint density at radius 2 is 2.29 bits per heavy atom. The summed E-state index contributed by atoms with van der Waals surface area (Å²) in [5.41, 5.74) is 0. The van der Waals surface area contributed by atoms with Crippen LogP contribution in [0.2, 0.25) is 0 Å². The standard InChI is InChI=1S/C11H20N2O/c1-10(2)4-5-11-12-6-7-13(11)8-9-14-3/h6-7,10H,4-5,8-9H2,1-3H3. The lowest BCUT2D eigenvalue weighted by atomic mass is 10.1. The minimum absolute atomic E-state index is 0.738. The number of hydrogen-bond acceptors (Lipinski definition) is 2. The molecule has 0 N–H and O–H groups in total. The third-order valence-corrected chi connectivity index (χ3v) is 2.28. The van der Waals surface area contributed by atoms with Crippen molar-refractivity contribution in [2.45, 2.75) is 33.2 Å². The van der Waals surface area contributed by atoms with Crippen molar-refractivity contribution in [2.24, 2.45) is 5.92 Å². The monoisotopic (exact) mass is 196 g/mol. The van der Waals surface area contributed by atoms with Crippen LogP contribution in [0.25, 0.3) is 0 Å². The van der Waals surface area contributed by atoms with E-state index in [0.717, 1.165) is 25.5 Å². The summed E-state index contributed by atoms with van der Waals surface area (Å²) in [5, 5.41) is 0. The van der Waals surface area contributed by atoms with Crippen molar-refractivity contribution in [1.82, 2.24) is 9.55 Å². The van der Waals surface area contributed by atoms with Gasteiger partial charge in [0.1, 0.15) is 5.82 Å². The Kier molecular flexibility index (Phi) is 4.66. The molecule has 1 heterocycles. The fourth-order valence-electron chi connectivity index (χ4n) is 1.38. The van der Waals surface area contributed by atoms with Crippen LogP contribution in [0.5, 0.6) is 0 Å². The SMILES string of the molecule is COCCn1ccnc1CCC(C)C. The summed E-state index contributed by atoms with van der Waals surface area (Å²) >= 11 is 0. The lowest BCUT2D eigenvalue weighted by Crippen LogP contribution is -2.08. The normalized spacial score (nSPS) is 11.1. The highest BCUT2D eigenvalue weighted by Gasteiger charge is 2.03. The third-order valence-electron chi connectivity index (χ3n) is 2.28. The van der Waals surface area contributed by atoms with Gasteiger partial charge in [-0.05, 0) is 12.3 Å². The fourth-order valence-corrected chi connectivity index (χ4v) is 1.38. The first-order valence-electron chi connectivity index (χ1n) is 5.23. The topological polar surface area (TPSA) is 27.1 Å². The lowest BCUT2D eigenvalue weighted by Gasteiger charge is -2.08. The van der Waals surface area contributed by atoms with Gasteiger partial charge in [-0.1, -0.05) is 13.8 Å². The predicted octanol–water partition coefficient (Wildman–Crippen LogP) is 2.12. The van der Waals surface area contributed by atoms with Gasteiger partial charge in [-0.25, -0.2) is 4.98 Å². The van der Waals surface area contributed by atoms with E-state index in [-0.39, 0.29) is 0 Å². The first-order chi connectivity index (χ1) is 6.74. The van der Waals surface area contributed by atoms with Crippen LogP contribution < -0.4 is 0 Å². The van der Waals surface area contributed by atoms with E-state index in [2.05, 4.69) is 23.4 Å². The highest BCUT2D eigenvalue weighted by atomic mass is 16.5. The summed E-state index contributed by atoms with van der Waals surface area (Å²) < 4.78 is 7.22. The molecule has 0 aliphatic carbocycles. The molecule has 3 heteroatoms. The van der Waals surface area contributed by atoms with Crippen LogP contribution in [0, 0.1) is 5.92 Å². The van der Waals surface area contributed by atoms with E-state index in [1.54, 1.807) is 7.11 Å². The van der Waals surface area contributed by atoms with Gasteiger partial charge in [-0.15, -0.1) is 0 Å². The van der Waals surface area contributed by atoms with E-state index in [4.69, 9.17) is 4.74 Å². The molecule has 1 rings (SSSR count). The van der Waals surface area contributed by atoms with E-state index >= 15 is 0 Å². The van der Waals surface area contributed by atoms with Crippen molar-refractivity contribution in [2.75, 3.05) is 13.7 Å². The van der Waals surface area contributed by atoms with E-state index in [1.807, 2.05) is 12.4 Å². The largest absolute Gasteiger partial charge is 0.383 e. The molecule has 0 spiro atoms. The summed E-state index contributed by atoms with van der Waals surface area (Å²) in [7, 11) is 1.73. The molecule has 14 heavy (non-hydrogen) atoms. The second-order valence-electron chi connectivity index (χ2n) is 3.96. The maximum atomic E-state index is 5.05. The Morgan fingerprint density at radius 3 is 2.93 bits per heavy atom. The molecule has 0 unspecified atom stereocenters. The van der Waals surface area contributed by atoms with Crippen molar-refractivity contribution >= 4 is 0 Å². The second-order valence-corrected chi connectivity index (χ2v) is 3.96. The molecule has 0 atom stereocenters. The number of nitrogens with zero attached hydrogens (tertiary/aromatic N) is 2. The van der Waals surface area contributed by atoms with Crippen LogP contribution in [0.15, 0.2) is 12.4 Å². The van der Waals surface area contributed by atoms with Gasteiger partial charge in [-0.3, -0.25) is 0 Å². The maximum Gasteiger partial charge on any atom is 0.108 e. The molecule has 0 bridgehead atoms. The fraction of sp³-hybridized carbons (Fsp3) is 0.727. The first-order valence-corrected chi connectivity index (χ1v) is 5.23. The number of rotatable bonds is 6. The van der Waals surface area contributed by atoms with Crippen molar-refractivity contribution in [3.63, 3.8) is 0 Å². The zero-order chi connectivity index (χ0) is 10.4. The Bertz CT molecular complexity index is 256. The summed E-state index contributed by atoms with van der Waals surface area (Å²) in [5.74, 6) is 1.92. The zero-order valence-electron chi connectivity index (χ0n) is 9.36. The molecule has 1 aromatic heterocycles. The van der Waals surface area contributed by atoms with Crippen LogP contribution in [-0.4, -0.2) is 23.3 Å². The van der Waals surface area contributed by atoms with Crippen molar-refractivity contribution in [3.8, 4) is 0 Å². The number of aryl methyl sites for hydroxylation is 1. The smallest absolute Gasteiger partial charge is 0.108 e. The summed E-state index contributed by atoms with van der Waals surface area (Å²) in [6, 6.07) is 0. The lowest BCUT2D eigenvalue weighted by molar-refractivity contribution is 0.186. The van der Waals surface area contributed by atoms with Gasteiger partial charge in [0.25, 0.3) is 0 Å². The highest BCUT2D eigenvalue weighted by Crippen LogP contribution is 2.07. The third kappa shape index (κ3) is 3.50. The second kappa shape index (κ2) is 5.81. The van der Waals surface area contributed by atoms with Crippen LogP contribution in [0.1, 0.15) is 26.1 Å². The predicted molar refractivity (Wildman–Crippen MR) is 57.3 cm³/mol. The molecule has 0 amide bonds. The van der Waals surface area contributed by atoms with Crippen LogP contribution in [-0.2, 0) is 17.7 Å². The van der Waals surface area contributed by atoms with Gasteiger partial charge >= 0.3 is 0 Å². The van der Waals surface area contributed by atoms with Crippen LogP contribution in [0.3, 0.4) is 0 Å². The molecule has 0 aliphatic rings. The van der Waals surface area contributed by atoms with Gasteiger partial charge in [0, 0.05) is 32.5 Å². The number of methoxy groups -OCH3 is 1. The number of hydrogen-bond donors (Lipinski definition) is 0. The molecule has 80 valence electrons. The quantitative estimate of drug-likeness (QED) is 0.697. The van der Waals surface area contributed by atoms with Crippen molar-refractivity contribution in [1.29, 1.82) is 0 Å². The van der Waals surface area contributed by atoms with Gasteiger partial charge < -0.3 is 9.30 Å². The van der Waals surface area contributed by atoms with E-state index in [9.17, 15) is 0 Å². The van der Waals surface area contributed by atoms with Crippen molar-refractivity contribution in [3.05, 3.63) is 18.2 Å². The van der Waals surface area contributed by atoms with Crippen molar-refractivity contribution < 1.29 is 4.74 Å². The summed E-state index contributed by atoms with van der Waals surface area (Å²) in [6.45, 7) is 6.14. The summed E-state index contributed by atoms with van der Waals surface area (Å²) in [6.07, 6.45) is 6.15. The van der Waals surface area contributed by atoms with Crippen LogP contribution >= 0.6 is 0 Å². The average Bonchev–Trinajstić information content (AvgIpc) is 2.58. The van der Waals surface area contributed by atoms with Gasteiger partial charge in [0.05, 0.1) is 6.61 Å². The highest BCUT2D eigenvalue weighted by molar-refractivity contribution is 4.92. The molecule has 3 nitrogen and oxygen atoms in total. The molecule has 0 aromatic carbocycles. The zero-order valence-corrected chi connectivity index (χ0v) is 9.36. The van der Waals surface area contributed by atoms with E-state index in [1.165, 1.54) is 12.2 Å². The van der Waals surface area contributed by atoms with Crippen LogP contribution in [0.4, 0.5) is 0 Å². The maximum absolute atomic E-state index is 5.05. The number of ether oxygens (including phenoxy) is 1. The summed E-state index contributed by atoms with van der Waals surface area (Å²) in [4.78, 5) is 4.35. The molecule has 0 saturated carbocycles. The van der Waals surface area contributed by atoms with Gasteiger partial charge in [0.2, 0.25) is 0 Å². The molecule has 0 aliphatic heterocycles. The van der Waals surface area contributed by atoms with E-state index in [0.29, 0.717) is 0 Å². The Morgan fingerprint density at radius 1 is 1.50 bits per heavy atom. The number of imidazole rings is 1. The molecular formula is C11H20N2O. The molecule has 1 aromatic rings. The first kappa shape index (κ1) is 11.2. The Balaban J connectivity index is 2.45. The molecular weight excluding hydrogens is 176 g/mol. The minimum Gasteiger partial charge on any atom is -0.383 e.